The predicted molar refractivity (Wildman–Crippen MR) is 74.7 cm³/mol. The highest BCUT2D eigenvalue weighted by atomic mass is 35.5. The minimum atomic E-state index is -0.144. The molecule has 2 heterocycles. The van der Waals surface area contributed by atoms with Crippen molar-refractivity contribution in [2.45, 2.75) is 18.9 Å². The molecule has 1 amide bonds. The van der Waals surface area contributed by atoms with E-state index in [0.29, 0.717) is 29.7 Å². The summed E-state index contributed by atoms with van der Waals surface area (Å²) in [6.45, 7) is 1.39. The van der Waals surface area contributed by atoms with Crippen molar-refractivity contribution in [2.75, 3.05) is 32.6 Å². The van der Waals surface area contributed by atoms with Gasteiger partial charge in [0.1, 0.15) is 11.5 Å². The maximum absolute atomic E-state index is 12.4. The molecule has 0 saturated carbocycles. The maximum atomic E-state index is 12.4. The van der Waals surface area contributed by atoms with Gasteiger partial charge in [-0.15, -0.1) is 0 Å². The molecule has 104 valence electrons. The second-order valence-electron chi connectivity index (χ2n) is 4.54. The van der Waals surface area contributed by atoms with Crippen LogP contribution in [0.4, 0.5) is 5.82 Å². The monoisotopic (exact) mass is 283 g/mol. The minimum absolute atomic E-state index is 0.144. The smallest absolute Gasteiger partial charge is 0.274 e. The molecular formula is C13H18ClN3O2. The van der Waals surface area contributed by atoms with Gasteiger partial charge in [-0.3, -0.25) is 4.79 Å². The van der Waals surface area contributed by atoms with Gasteiger partial charge >= 0.3 is 0 Å². The van der Waals surface area contributed by atoms with Crippen molar-refractivity contribution < 1.29 is 9.53 Å². The van der Waals surface area contributed by atoms with E-state index >= 15 is 0 Å². The zero-order chi connectivity index (χ0) is 13.8. The van der Waals surface area contributed by atoms with Crippen LogP contribution in [0.15, 0.2) is 12.1 Å². The molecule has 0 aromatic carbocycles. The van der Waals surface area contributed by atoms with Crippen LogP contribution in [0, 0.1) is 0 Å². The molecule has 5 nitrogen and oxygen atoms in total. The fourth-order valence-corrected chi connectivity index (χ4v) is 2.32. The highest BCUT2D eigenvalue weighted by Gasteiger charge is 2.25. The van der Waals surface area contributed by atoms with Crippen LogP contribution in [-0.4, -0.2) is 49.1 Å². The first kappa shape index (κ1) is 14.1. The molecule has 0 spiro atoms. The van der Waals surface area contributed by atoms with E-state index in [0.717, 1.165) is 12.8 Å². The molecule has 0 atom stereocenters. The molecule has 1 saturated heterocycles. The lowest BCUT2D eigenvalue weighted by molar-refractivity contribution is 0.0359. The Morgan fingerprint density at radius 3 is 2.79 bits per heavy atom. The number of nitrogens with zero attached hydrogens (tertiary/aromatic N) is 2. The van der Waals surface area contributed by atoms with Crippen molar-refractivity contribution >= 4 is 23.3 Å². The summed E-state index contributed by atoms with van der Waals surface area (Å²) < 4.78 is 5.31. The fourth-order valence-electron chi connectivity index (χ4n) is 2.14. The van der Waals surface area contributed by atoms with Gasteiger partial charge in [0.2, 0.25) is 0 Å². The molecule has 0 unspecified atom stereocenters. The third-order valence-electron chi connectivity index (χ3n) is 3.36. The van der Waals surface area contributed by atoms with Gasteiger partial charge in [-0.2, -0.15) is 0 Å². The Kier molecular flexibility index (Phi) is 4.61. The summed E-state index contributed by atoms with van der Waals surface area (Å²) in [5.74, 6) is 0.488. The van der Waals surface area contributed by atoms with Crippen LogP contribution < -0.4 is 5.32 Å². The number of ether oxygens (including phenoxy) is 1. The summed E-state index contributed by atoms with van der Waals surface area (Å²) >= 11 is 6.07. The number of carbonyl (C=O) groups is 1. The van der Waals surface area contributed by atoms with Crippen LogP contribution in [0.5, 0.6) is 0 Å². The first-order valence-electron chi connectivity index (χ1n) is 6.32. The first-order valence-corrected chi connectivity index (χ1v) is 6.70. The molecule has 19 heavy (non-hydrogen) atoms. The molecule has 0 radical (unpaired) electrons. The Balaban J connectivity index is 2.18. The Hall–Kier alpha value is -1.33. The third-order valence-corrected chi connectivity index (χ3v) is 3.67. The fraction of sp³-hybridized carbons (Fsp3) is 0.538. The van der Waals surface area contributed by atoms with E-state index in [2.05, 4.69) is 10.3 Å². The average Bonchev–Trinajstić information content (AvgIpc) is 2.47. The number of anilines is 1. The number of carbonyl (C=O) groups excluding carboxylic acids is 1. The quantitative estimate of drug-likeness (QED) is 0.922. The summed E-state index contributed by atoms with van der Waals surface area (Å²) in [4.78, 5) is 18.4. The Morgan fingerprint density at radius 2 is 2.16 bits per heavy atom. The van der Waals surface area contributed by atoms with Crippen molar-refractivity contribution in [2.24, 2.45) is 0 Å². The van der Waals surface area contributed by atoms with Crippen LogP contribution in [0.25, 0.3) is 0 Å². The van der Waals surface area contributed by atoms with Crippen LogP contribution in [-0.2, 0) is 4.74 Å². The lowest BCUT2D eigenvalue weighted by atomic mass is 10.1. The Morgan fingerprint density at radius 1 is 1.47 bits per heavy atom. The van der Waals surface area contributed by atoms with E-state index < -0.39 is 0 Å². The first-order chi connectivity index (χ1) is 9.13. The lowest BCUT2D eigenvalue weighted by Gasteiger charge is -2.31. The lowest BCUT2D eigenvalue weighted by Crippen LogP contribution is -2.41. The maximum Gasteiger partial charge on any atom is 0.274 e. The molecule has 0 bridgehead atoms. The van der Waals surface area contributed by atoms with Gasteiger partial charge in [0, 0.05) is 33.4 Å². The van der Waals surface area contributed by atoms with E-state index in [1.54, 1.807) is 31.1 Å². The predicted octanol–water partition coefficient (Wildman–Crippen LogP) is 2.03. The molecule has 1 aromatic heterocycles. The number of amides is 1. The van der Waals surface area contributed by atoms with Gasteiger partial charge in [-0.05, 0) is 25.0 Å². The van der Waals surface area contributed by atoms with Gasteiger partial charge < -0.3 is 15.0 Å². The van der Waals surface area contributed by atoms with E-state index in [4.69, 9.17) is 16.3 Å². The summed E-state index contributed by atoms with van der Waals surface area (Å²) in [6, 6.07) is 3.62. The number of pyridine rings is 1. The normalized spacial score (nSPS) is 16.2. The molecule has 1 N–H and O–H groups in total. The highest BCUT2D eigenvalue weighted by molar-refractivity contribution is 6.33. The van der Waals surface area contributed by atoms with E-state index in [-0.39, 0.29) is 11.9 Å². The number of rotatable bonds is 3. The van der Waals surface area contributed by atoms with Crippen molar-refractivity contribution in [3.05, 3.63) is 22.8 Å². The van der Waals surface area contributed by atoms with Gasteiger partial charge in [-0.25, -0.2) is 4.98 Å². The molecule has 1 aliphatic rings. The molecule has 6 heteroatoms. The zero-order valence-corrected chi connectivity index (χ0v) is 11.9. The van der Waals surface area contributed by atoms with Gasteiger partial charge in [0.25, 0.3) is 5.91 Å². The number of hydrogen-bond acceptors (Lipinski definition) is 4. The zero-order valence-electron chi connectivity index (χ0n) is 11.1. The SMILES string of the molecule is CNc1ccc(Cl)c(C(=O)N(C)C2CCOCC2)n1. The van der Waals surface area contributed by atoms with Crippen LogP contribution in [0.2, 0.25) is 5.02 Å². The van der Waals surface area contributed by atoms with Gasteiger partial charge in [0.05, 0.1) is 5.02 Å². The summed E-state index contributed by atoms with van der Waals surface area (Å²) in [5.41, 5.74) is 0.294. The molecule has 0 aliphatic carbocycles. The topological polar surface area (TPSA) is 54.5 Å². The van der Waals surface area contributed by atoms with Crippen molar-refractivity contribution in [3.8, 4) is 0 Å². The van der Waals surface area contributed by atoms with Crippen LogP contribution in [0.1, 0.15) is 23.3 Å². The number of nitrogens with one attached hydrogen (secondary N) is 1. The molecule has 1 aromatic rings. The largest absolute Gasteiger partial charge is 0.381 e. The highest BCUT2D eigenvalue weighted by Crippen LogP contribution is 2.21. The van der Waals surface area contributed by atoms with E-state index in [9.17, 15) is 4.79 Å². The van der Waals surface area contributed by atoms with E-state index in [1.165, 1.54) is 0 Å². The molecular weight excluding hydrogens is 266 g/mol. The average molecular weight is 284 g/mol. The van der Waals surface area contributed by atoms with E-state index in [1.807, 2.05) is 0 Å². The van der Waals surface area contributed by atoms with Gasteiger partial charge in [0.15, 0.2) is 0 Å². The van der Waals surface area contributed by atoms with Crippen molar-refractivity contribution in [3.63, 3.8) is 0 Å². The number of hydrogen-bond donors (Lipinski definition) is 1. The number of halogens is 1. The molecule has 1 aliphatic heterocycles. The minimum Gasteiger partial charge on any atom is -0.381 e. The molecule has 2 rings (SSSR count). The van der Waals surface area contributed by atoms with Crippen molar-refractivity contribution in [1.82, 2.24) is 9.88 Å². The summed E-state index contributed by atoms with van der Waals surface area (Å²) in [5, 5.41) is 3.29. The molecule has 1 fully saturated rings. The number of aromatic nitrogens is 1. The second kappa shape index (κ2) is 6.21. The van der Waals surface area contributed by atoms with Crippen LogP contribution in [0.3, 0.4) is 0 Å². The summed E-state index contributed by atoms with van der Waals surface area (Å²) in [6.07, 6.45) is 1.71. The Labute approximate surface area is 117 Å². The Bertz CT molecular complexity index is 461. The van der Waals surface area contributed by atoms with Gasteiger partial charge in [-0.1, -0.05) is 11.6 Å². The second-order valence-corrected chi connectivity index (χ2v) is 4.94. The standard InChI is InChI=1S/C13H18ClN3O2/c1-15-11-4-3-10(14)12(16-11)13(18)17(2)9-5-7-19-8-6-9/h3-4,9H,5-8H2,1-2H3,(H,15,16). The summed E-state index contributed by atoms with van der Waals surface area (Å²) in [7, 11) is 3.55. The van der Waals surface area contributed by atoms with Crippen LogP contribution >= 0.6 is 11.6 Å². The van der Waals surface area contributed by atoms with Crippen molar-refractivity contribution in [1.29, 1.82) is 0 Å². The third kappa shape index (κ3) is 3.16.